The van der Waals surface area contributed by atoms with E-state index in [1.54, 1.807) is 43.3 Å². The molecule has 0 aliphatic carbocycles. The van der Waals surface area contributed by atoms with Crippen LogP contribution in [0.25, 0.3) is 0 Å². The highest BCUT2D eigenvalue weighted by Crippen LogP contribution is 2.45. The van der Waals surface area contributed by atoms with Gasteiger partial charge in [-0.25, -0.2) is 4.39 Å². The Hall–Kier alpha value is -4.94. The molecule has 2 aromatic heterocycles. The number of amides is 1. The zero-order chi connectivity index (χ0) is 31.5. The van der Waals surface area contributed by atoms with Gasteiger partial charge in [0.15, 0.2) is 27.4 Å². The number of thioether (sulfide) groups is 1. The van der Waals surface area contributed by atoms with Crippen molar-refractivity contribution in [2.24, 2.45) is 0 Å². The molecule has 5 aromatic rings. The second kappa shape index (κ2) is 13.0. The van der Waals surface area contributed by atoms with Crippen molar-refractivity contribution in [2.75, 3.05) is 12.0 Å². The van der Waals surface area contributed by atoms with Gasteiger partial charge in [0.1, 0.15) is 18.2 Å². The quantitative estimate of drug-likeness (QED) is 0.0903. The lowest BCUT2D eigenvalue weighted by atomic mass is 9.95. The monoisotopic (exact) mass is 643 g/mol. The van der Waals surface area contributed by atoms with E-state index in [1.807, 2.05) is 30.3 Å². The van der Waals surface area contributed by atoms with Crippen LogP contribution in [0.4, 0.5) is 9.52 Å². The van der Waals surface area contributed by atoms with Crippen LogP contribution in [0.2, 0.25) is 0 Å². The number of nitrogens with zero attached hydrogens (tertiary/aromatic N) is 3. The van der Waals surface area contributed by atoms with Crippen molar-refractivity contribution in [3.8, 4) is 11.5 Å². The molecule has 12 heteroatoms. The number of aliphatic hydroxyl groups is 1. The Labute approximate surface area is 265 Å². The van der Waals surface area contributed by atoms with E-state index in [-0.39, 0.29) is 22.3 Å². The molecule has 1 amide bonds. The lowest BCUT2D eigenvalue weighted by Crippen LogP contribution is -2.31. The number of carbonyl (C=O) groups is 2. The third kappa shape index (κ3) is 6.33. The number of rotatable bonds is 11. The molecule has 0 saturated carbocycles. The van der Waals surface area contributed by atoms with Crippen LogP contribution in [0.15, 0.2) is 105 Å². The second-order valence-corrected chi connectivity index (χ2v) is 12.2. The number of ketones is 1. The van der Waals surface area contributed by atoms with Gasteiger partial charge in [-0.05, 0) is 60.0 Å². The van der Waals surface area contributed by atoms with E-state index in [4.69, 9.17) is 13.9 Å². The predicted octanol–water partition coefficient (Wildman–Crippen LogP) is 7.24. The van der Waals surface area contributed by atoms with Gasteiger partial charge in [0.2, 0.25) is 10.9 Å². The minimum atomic E-state index is -1.07. The van der Waals surface area contributed by atoms with Crippen LogP contribution in [0.3, 0.4) is 0 Å². The standard InChI is InChI=1S/C33H26FN3O6S2/c1-19-8-14-25(43-19)29(38)27-28(22-11-15-24(26(16-22)41-2)42-17-20-6-4-3-5-7-20)37(31(40)30(27)39)32-35-36-33(45-32)44-18-21-9-12-23(34)13-10-21/h3-16,28,39H,17-18H2,1-2H3. The van der Waals surface area contributed by atoms with Gasteiger partial charge >= 0.3 is 0 Å². The van der Waals surface area contributed by atoms with Crippen LogP contribution in [0.5, 0.6) is 11.5 Å². The van der Waals surface area contributed by atoms with E-state index in [2.05, 4.69) is 10.2 Å². The number of methoxy groups -OCH3 is 1. The number of aromatic nitrogens is 2. The molecular weight excluding hydrogens is 618 g/mol. The average molecular weight is 644 g/mol. The smallest absolute Gasteiger partial charge is 0.296 e. The van der Waals surface area contributed by atoms with Crippen molar-refractivity contribution in [1.29, 1.82) is 0 Å². The molecule has 3 aromatic carbocycles. The number of furan rings is 1. The maximum atomic E-state index is 13.7. The van der Waals surface area contributed by atoms with Gasteiger partial charge < -0.3 is 19.0 Å². The van der Waals surface area contributed by atoms with Crippen molar-refractivity contribution in [3.05, 3.63) is 130 Å². The van der Waals surface area contributed by atoms with Gasteiger partial charge in [-0.1, -0.05) is 71.6 Å². The molecule has 1 unspecified atom stereocenters. The molecule has 0 bridgehead atoms. The van der Waals surface area contributed by atoms with Crippen molar-refractivity contribution in [2.45, 2.75) is 29.7 Å². The largest absolute Gasteiger partial charge is 0.503 e. The molecule has 45 heavy (non-hydrogen) atoms. The van der Waals surface area contributed by atoms with Crippen molar-refractivity contribution >= 4 is 39.9 Å². The first-order valence-corrected chi connectivity index (χ1v) is 15.6. The summed E-state index contributed by atoms with van der Waals surface area (Å²) in [6, 6.07) is 22.9. The van der Waals surface area contributed by atoms with E-state index in [1.165, 1.54) is 42.0 Å². The lowest BCUT2D eigenvalue weighted by molar-refractivity contribution is -0.117. The minimum Gasteiger partial charge on any atom is -0.503 e. The Kier molecular flexibility index (Phi) is 8.67. The topological polar surface area (TPSA) is 115 Å². The number of ether oxygens (including phenoxy) is 2. The SMILES string of the molecule is COc1cc(C2C(C(=O)c3ccc(C)o3)=C(O)C(=O)N2c2nnc(SCc3ccc(F)cc3)s2)ccc1OCc1ccccc1. The summed E-state index contributed by atoms with van der Waals surface area (Å²) in [5, 5.41) is 19.8. The first-order valence-electron chi connectivity index (χ1n) is 13.8. The number of anilines is 1. The highest BCUT2D eigenvalue weighted by molar-refractivity contribution is 8.00. The molecule has 0 radical (unpaired) electrons. The molecule has 9 nitrogen and oxygen atoms in total. The molecule has 1 aliphatic rings. The Balaban J connectivity index is 1.34. The van der Waals surface area contributed by atoms with E-state index in [9.17, 15) is 19.1 Å². The Morgan fingerprint density at radius 3 is 2.51 bits per heavy atom. The predicted molar refractivity (Wildman–Crippen MR) is 167 cm³/mol. The molecule has 1 aliphatic heterocycles. The summed E-state index contributed by atoms with van der Waals surface area (Å²) in [6.45, 7) is 2.00. The highest BCUT2D eigenvalue weighted by atomic mass is 32.2. The maximum Gasteiger partial charge on any atom is 0.296 e. The molecule has 0 saturated heterocycles. The van der Waals surface area contributed by atoms with Gasteiger partial charge in [0.25, 0.3) is 5.91 Å². The minimum absolute atomic E-state index is 0.0173. The summed E-state index contributed by atoms with van der Waals surface area (Å²) in [7, 11) is 1.49. The fourth-order valence-electron chi connectivity index (χ4n) is 4.83. The fourth-order valence-corrected chi connectivity index (χ4v) is 6.66. The van der Waals surface area contributed by atoms with Gasteiger partial charge in [-0.2, -0.15) is 0 Å². The number of aryl methyl sites for hydroxylation is 1. The van der Waals surface area contributed by atoms with E-state index < -0.39 is 23.5 Å². The molecule has 1 atom stereocenters. The number of Topliss-reactive ketones (excluding diaryl/α,β-unsaturated/α-hetero) is 1. The number of halogens is 1. The Bertz CT molecular complexity index is 1890. The third-order valence-electron chi connectivity index (χ3n) is 7.03. The normalized spacial score (nSPS) is 14.7. The van der Waals surface area contributed by atoms with Crippen molar-refractivity contribution < 1.29 is 33.0 Å². The highest BCUT2D eigenvalue weighted by Gasteiger charge is 2.47. The van der Waals surface area contributed by atoms with Crippen LogP contribution in [-0.4, -0.2) is 34.1 Å². The van der Waals surface area contributed by atoms with E-state index in [0.29, 0.717) is 39.5 Å². The molecular formula is C33H26FN3O6S2. The Morgan fingerprint density at radius 1 is 1.02 bits per heavy atom. The first kappa shape index (κ1) is 30.1. The van der Waals surface area contributed by atoms with Crippen LogP contribution in [0, 0.1) is 12.7 Å². The van der Waals surface area contributed by atoms with Crippen LogP contribution >= 0.6 is 23.1 Å². The maximum absolute atomic E-state index is 13.7. The number of hydrogen-bond donors (Lipinski definition) is 1. The molecule has 6 rings (SSSR count). The van der Waals surface area contributed by atoms with Crippen molar-refractivity contribution in [3.63, 3.8) is 0 Å². The zero-order valence-electron chi connectivity index (χ0n) is 24.1. The first-order chi connectivity index (χ1) is 21.8. The summed E-state index contributed by atoms with van der Waals surface area (Å²) in [6.07, 6.45) is 0. The molecule has 228 valence electrons. The van der Waals surface area contributed by atoms with Crippen LogP contribution in [-0.2, 0) is 17.2 Å². The number of carbonyl (C=O) groups excluding carboxylic acids is 2. The number of benzene rings is 3. The van der Waals surface area contributed by atoms with Crippen LogP contribution in [0.1, 0.15) is 39.0 Å². The number of aliphatic hydroxyl groups excluding tert-OH is 1. The summed E-state index contributed by atoms with van der Waals surface area (Å²) < 4.78 is 31.1. The van der Waals surface area contributed by atoms with E-state index >= 15 is 0 Å². The number of hydrogen-bond acceptors (Lipinski definition) is 10. The van der Waals surface area contributed by atoms with E-state index in [0.717, 1.165) is 22.5 Å². The third-order valence-corrected chi connectivity index (χ3v) is 9.16. The summed E-state index contributed by atoms with van der Waals surface area (Å²) >= 11 is 2.50. The molecule has 0 spiro atoms. The fraction of sp³-hybridized carbons (Fsp3) is 0.152. The van der Waals surface area contributed by atoms with Gasteiger partial charge in [0.05, 0.1) is 18.7 Å². The molecule has 3 heterocycles. The van der Waals surface area contributed by atoms with Crippen molar-refractivity contribution in [1.82, 2.24) is 10.2 Å². The average Bonchev–Trinajstić information content (AvgIpc) is 3.78. The second-order valence-electron chi connectivity index (χ2n) is 10.0. The zero-order valence-corrected chi connectivity index (χ0v) is 25.7. The molecule has 1 N–H and O–H groups in total. The van der Waals surface area contributed by atoms with Gasteiger partial charge in [-0.3, -0.25) is 14.5 Å². The summed E-state index contributed by atoms with van der Waals surface area (Å²) in [5.74, 6) is -0.662. The lowest BCUT2D eigenvalue weighted by Gasteiger charge is -2.24. The van der Waals surface area contributed by atoms with Crippen LogP contribution < -0.4 is 14.4 Å². The van der Waals surface area contributed by atoms with Gasteiger partial charge in [0, 0.05) is 5.75 Å². The summed E-state index contributed by atoms with van der Waals surface area (Å²) in [4.78, 5) is 28.6. The van der Waals surface area contributed by atoms with Gasteiger partial charge in [-0.15, -0.1) is 10.2 Å². The summed E-state index contributed by atoms with van der Waals surface area (Å²) in [5.41, 5.74) is 2.16. The molecule has 0 fully saturated rings. The Morgan fingerprint density at radius 2 is 1.80 bits per heavy atom.